The summed E-state index contributed by atoms with van der Waals surface area (Å²) in [6.45, 7) is 6.62. The second kappa shape index (κ2) is 4.99. The molecule has 2 rings (SSSR count). The SMILES string of the molecule is COc1ccc(Cl)cc1C1(O)CC(C)CC(C)(C)C1. The van der Waals surface area contributed by atoms with Crippen molar-refractivity contribution in [3.05, 3.63) is 28.8 Å². The number of halogens is 1. The number of methoxy groups -OCH3 is 1. The first-order chi connectivity index (χ1) is 8.76. The average molecular weight is 283 g/mol. The van der Waals surface area contributed by atoms with Gasteiger partial charge in [-0.15, -0.1) is 0 Å². The van der Waals surface area contributed by atoms with E-state index in [1.165, 1.54) is 0 Å². The summed E-state index contributed by atoms with van der Waals surface area (Å²) in [4.78, 5) is 0. The lowest BCUT2D eigenvalue weighted by atomic mass is 9.64. The first-order valence-corrected chi connectivity index (χ1v) is 7.20. The number of aliphatic hydroxyl groups is 1. The number of hydrogen-bond acceptors (Lipinski definition) is 2. The standard InChI is InChI=1S/C16H23ClO2/c1-11-8-15(2,3)10-16(18,9-11)13-7-12(17)5-6-14(13)19-4/h5-7,11,18H,8-10H2,1-4H3. The molecule has 0 bridgehead atoms. The largest absolute Gasteiger partial charge is 0.496 e. The Bertz CT molecular complexity index is 470. The molecule has 1 aromatic carbocycles. The third kappa shape index (κ3) is 3.06. The molecule has 0 amide bonds. The highest BCUT2D eigenvalue weighted by molar-refractivity contribution is 6.30. The molecule has 0 saturated heterocycles. The quantitative estimate of drug-likeness (QED) is 0.872. The van der Waals surface area contributed by atoms with E-state index in [1.807, 2.05) is 12.1 Å². The summed E-state index contributed by atoms with van der Waals surface area (Å²) in [5.41, 5.74) is 0.0964. The Morgan fingerprint density at radius 2 is 2.00 bits per heavy atom. The van der Waals surface area contributed by atoms with E-state index in [0.29, 0.717) is 10.9 Å². The lowest BCUT2D eigenvalue weighted by Gasteiger charge is -2.45. The zero-order valence-electron chi connectivity index (χ0n) is 12.2. The fourth-order valence-corrected chi connectivity index (χ4v) is 3.95. The summed E-state index contributed by atoms with van der Waals surface area (Å²) in [5.74, 6) is 1.20. The van der Waals surface area contributed by atoms with Crippen LogP contribution in [0.25, 0.3) is 0 Å². The average Bonchev–Trinajstić information content (AvgIpc) is 2.25. The Kier molecular flexibility index (Phi) is 3.85. The minimum Gasteiger partial charge on any atom is -0.496 e. The van der Waals surface area contributed by atoms with E-state index in [-0.39, 0.29) is 5.41 Å². The van der Waals surface area contributed by atoms with E-state index in [1.54, 1.807) is 13.2 Å². The van der Waals surface area contributed by atoms with E-state index in [4.69, 9.17) is 16.3 Å². The van der Waals surface area contributed by atoms with Crippen molar-refractivity contribution >= 4 is 11.6 Å². The highest BCUT2D eigenvalue weighted by Gasteiger charge is 2.44. The smallest absolute Gasteiger partial charge is 0.125 e. The third-order valence-corrected chi connectivity index (χ3v) is 4.26. The Labute approximate surface area is 120 Å². The van der Waals surface area contributed by atoms with Crippen LogP contribution in [-0.2, 0) is 5.60 Å². The number of benzene rings is 1. The van der Waals surface area contributed by atoms with Crippen molar-refractivity contribution in [2.24, 2.45) is 11.3 Å². The molecule has 0 aromatic heterocycles. The molecular weight excluding hydrogens is 260 g/mol. The molecule has 0 heterocycles. The second-order valence-electron chi connectivity index (χ2n) is 6.73. The van der Waals surface area contributed by atoms with Crippen LogP contribution in [-0.4, -0.2) is 12.2 Å². The predicted octanol–water partition coefficient (Wildman–Crippen LogP) is 4.38. The molecule has 2 nitrogen and oxygen atoms in total. The van der Waals surface area contributed by atoms with Gasteiger partial charge in [-0.1, -0.05) is 32.4 Å². The predicted molar refractivity (Wildman–Crippen MR) is 78.7 cm³/mol. The van der Waals surface area contributed by atoms with Crippen LogP contribution in [0.1, 0.15) is 45.6 Å². The lowest BCUT2D eigenvalue weighted by molar-refractivity contribution is -0.0647. The molecule has 1 saturated carbocycles. The molecule has 1 aromatic rings. The van der Waals surface area contributed by atoms with Crippen LogP contribution in [0.15, 0.2) is 18.2 Å². The van der Waals surface area contributed by atoms with Crippen molar-refractivity contribution < 1.29 is 9.84 Å². The lowest BCUT2D eigenvalue weighted by Crippen LogP contribution is -2.40. The first-order valence-electron chi connectivity index (χ1n) is 6.82. The zero-order valence-corrected chi connectivity index (χ0v) is 12.9. The number of hydrogen-bond donors (Lipinski definition) is 1. The van der Waals surface area contributed by atoms with Crippen molar-refractivity contribution in [2.75, 3.05) is 7.11 Å². The van der Waals surface area contributed by atoms with Crippen molar-refractivity contribution in [3.63, 3.8) is 0 Å². The van der Waals surface area contributed by atoms with Gasteiger partial charge in [0.05, 0.1) is 12.7 Å². The van der Waals surface area contributed by atoms with E-state index >= 15 is 0 Å². The van der Waals surface area contributed by atoms with Crippen LogP contribution in [0.5, 0.6) is 5.75 Å². The molecule has 1 aliphatic carbocycles. The summed E-state index contributed by atoms with van der Waals surface area (Å²) in [5, 5.41) is 11.8. The van der Waals surface area contributed by atoms with Crippen molar-refractivity contribution in [1.29, 1.82) is 0 Å². The van der Waals surface area contributed by atoms with Crippen LogP contribution >= 0.6 is 11.6 Å². The van der Waals surface area contributed by atoms with Gasteiger partial charge in [0.1, 0.15) is 5.75 Å². The van der Waals surface area contributed by atoms with E-state index in [9.17, 15) is 5.11 Å². The molecule has 3 heteroatoms. The molecule has 1 fully saturated rings. The van der Waals surface area contributed by atoms with E-state index in [0.717, 1.165) is 30.6 Å². The minimum atomic E-state index is -0.850. The maximum Gasteiger partial charge on any atom is 0.125 e. The Hall–Kier alpha value is -0.730. The highest BCUT2D eigenvalue weighted by Crippen LogP contribution is 2.50. The molecule has 0 aliphatic heterocycles. The van der Waals surface area contributed by atoms with Gasteiger partial charge in [0, 0.05) is 10.6 Å². The van der Waals surface area contributed by atoms with Gasteiger partial charge in [-0.3, -0.25) is 0 Å². The van der Waals surface area contributed by atoms with Gasteiger partial charge in [-0.05, 0) is 48.8 Å². The molecular formula is C16H23ClO2. The van der Waals surface area contributed by atoms with Gasteiger partial charge in [-0.2, -0.15) is 0 Å². The van der Waals surface area contributed by atoms with Crippen molar-refractivity contribution in [3.8, 4) is 5.75 Å². The Balaban J connectivity index is 2.46. The Morgan fingerprint density at radius 3 is 2.58 bits per heavy atom. The van der Waals surface area contributed by atoms with Crippen molar-refractivity contribution in [1.82, 2.24) is 0 Å². The van der Waals surface area contributed by atoms with Crippen LogP contribution in [0.2, 0.25) is 5.02 Å². The van der Waals surface area contributed by atoms with Crippen molar-refractivity contribution in [2.45, 2.75) is 45.6 Å². The van der Waals surface area contributed by atoms with E-state index < -0.39 is 5.60 Å². The molecule has 0 spiro atoms. The van der Waals surface area contributed by atoms with Gasteiger partial charge in [0.25, 0.3) is 0 Å². The molecule has 2 atom stereocenters. The summed E-state index contributed by atoms with van der Waals surface area (Å²) in [6.07, 6.45) is 2.63. The molecule has 1 aliphatic rings. The zero-order chi connectivity index (χ0) is 14.3. The summed E-state index contributed by atoms with van der Waals surface area (Å²) < 4.78 is 5.40. The molecule has 1 N–H and O–H groups in total. The van der Waals surface area contributed by atoms with E-state index in [2.05, 4.69) is 20.8 Å². The van der Waals surface area contributed by atoms with Gasteiger partial charge >= 0.3 is 0 Å². The monoisotopic (exact) mass is 282 g/mol. The minimum absolute atomic E-state index is 0.125. The van der Waals surface area contributed by atoms with Gasteiger partial charge in [0.2, 0.25) is 0 Å². The molecule has 19 heavy (non-hydrogen) atoms. The fourth-order valence-electron chi connectivity index (χ4n) is 3.78. The van der Waals surface area contributed by atoms with Crippen LogP contribution in [0.3, 0.4) is 0 Å². The van der Waals surface area contributed by atoms with Gasteiger partial charge < -0.3 is 9.84 Å². The van der Waals surface area contributed by atoms with Crippen LogP contribution in [0, 0.1) is 11.3 Å². The highest BCUT2D eigenvalue weighted by atomic mass is 35.5. The topological polar surface area (TPSA) is 29.5 Å². The Morgan fingerprint density at radius 1 is 1.32 bits per heavy atom. The first kappa shape index (κ1) is 14.7. The molecule has 0 radical (unpaired) electrons. The third-order valence-electron chi connectivity index (χ3n) is 4.02. The normalized spacial score (nSPS) is 30.1. The fraction of sp³-hybridized carbons (Fsp3) is 0.625. The summed E-state index contributed by atoms with van der Waals surface area (Å²) in [6, 6.07) is 5.47. The van der Waals surface area contributed by atoms with Crippen LogP contribution in [0.4, 0.5) is 0 Å². The maximum absolute atomic E-state index is 11.1. The van der Waals surface area contributed by atoms with Gasteiger partial charge in [-0.25, -0.2) is 0 Å². The second-order valence-corrected chi connectivity index (χ2v) is 7.17. The molecule has 2 unspecified atom stereocenters. The number of rotatable bonds is 2. The maximum atomic E-state index is 11.1. The summed E-state index contributed by atoms with van der Waals surface area (Å²) in [7, 11) is 1.63. The number of ether oxygens (including phenoxy) is 1. The van der Waals surface area contributed by atoms with Gasteiger partial charge in [0.15, 0.2) is 0 Å². The summed E-state index contributed by atoms with van der Waals surface area (Å²) >= 11 is 6.10. The van der Waals surface area contributed by atoms with Crippen LogP contribution < -0.4 is 4.74 Å². The molecule has 106 valence electrons.